The van der Waals surface area contributed by atoms with Gasteiger partial charge in [0.15, 0.2) is 0 Å². The number of thiazole rings is 2. The fourth-order valence-electron chi connectivity index (χ4n) is 4.98. The number of alkyl carbamates (subject to hydrolysis) is 1. The molecule has 14 heteroatoms. The Morgan fingerprint density at radius 2 is 1.52 bits per heavy atom. The van der Waals surface area contributed by atoms with Gasteiger partial charge in [-0.2, -0.15) is 0 Å². The van der Waals surface area contributed by atoms with Crippen LogP contribution in [0.15, 0.2) is 77.8 Å². The molecule has 1 saturated heterocycles. The number of unbranched alkanes of at least 4 members (excludes halogenated alkanes) is 1. The summed E-state index contributed by atoms with van der Waals surface area (Å²) in [5.41, 5.74) is 5.17. The smallest absolute Gasteiger partial charge is 0.407 e. The fourth-order valence-corrected chi connectivity index (χ4v) is 6.32. The summed E-state index contributed by atoms with van der Waals surface area (Å²) < 4.78 is 10.6. The lowest BCUT2D eigenvalue weighted by atomic mass is 10.1. The van der Waals surface area contributed by atoms with Crippen LogP contribution in [0.5, 0.6) is 0 Å². The summed E-state index contributed by atoms with van der Waals surface area (Å²) in [7, 11) is 1.70. The summed E-state index contributed by atoms with van der Waals surface area (Å²) >= 11 is 3.02. The maximum absolute atomic E-state index is 13.1. The van der Waals surface area contributed by atoms with Gasteiger partial charge in [0.25, 0.3) is 0 Å². The van der Waals surface area contributed by atoms with Gasteiger partial charge in [-0.3, -0.25) is 14.7 Å². The Hall–Kier alpha value is -4.37. The normalized spacial score (nSPS) is 12.6. The van der Waals surface area contributed by atoms with Crippen LogP contribution in [0.4, 0.5) is 9.59 Å². The Balaban J connectivity index is 0.000000557. The molecule has 0 aliphatic carbocycles. The van der Waals surface area contributed by atoms with Gasteiger partial charge in [0, 0.05) is 57.3 Å². The Kier molecular flexibility index (Phi) is 24.7. The first kappa shape index (κ1) is 47.8. The number of benzene rings is 2. The van der Waals surface area contributed by atoms with E-state index in [9.17, 15) is 14.4 Å². The molecule has 1 atom stereocenters. The number of nitrogens with zero attached hydrogens (tertiary/aromatic N) is 4. The van der Waals surface area contributed by atoms with Gasteiger partial charge < -0.3 is 30.3 Å². The van der Waals surface area contributed by atoms with Crippen molar-refractivity contribution in [2.24, 2.45) is 0 Å². The van der Waals surface area contributed by atoms with Gasteiger partial charge >= 0.3 is 12.1 Å². The van der Waals surface area contributed by atoms with Crippen molar-refractivity contribution in [2.45, 2.75) is 85.9 Å². The highest BCUT2D eigenvalue weighted by Gasteiger charge is 2.24. The molecular formula is C42H63N7O5S2. The molecule has 4 amide bonds. The second-order valence-electron chi connectivity index (χ2n) is 13.2. The van der Waals surface area contributed by atoms with Crippen LogP contribution in [-0.4, -0.2) is 96.8 Å². The van der Waals surface area contributed by atoms with Crippen LogP contribution in [0.1, 0.15) is 79.6 Å². The molecule has 1 aliphatic heterocycles. The van der Waals surface area contributed by atoms with Gasteiger partial charge in [0.2, 0.25) is 5.91 Å². The van der Waals surface area contributed by atoms with Crippen molar-refractivity contribution < 1.29 is 23.9 Å². The lowest BCUT2D eigenvalue weighted by Crippen LogP contribution is -2.52. The number of aromatic nitrogens is 2. The molecule has 56 heavy (non-hydrogen) atoms. The molecule has 12 nitrogen and oxygen atoms in total. The van der Waals surface area contributed by atoms with Crippen LogP contribution >= 0.6 is 22.7 Å². The van der Waals surface area contributed by atoms with Crippen molar-refractivity contribution in [3.63, 3.8) is 0 Å². The predicted molar refractivity (Wildman–Crippen MR) is 228 cm³/mol. The average molecular weight is 810 g/mol. The van der Waals surface area contributed by atoms with Crippen LogP contribution in [0.2, 0.25) is 0 Å². The molecule has 1 aliphatic rings. The minimum Gasteiger partial charge on any atom is -0.444 e. The third-order valence-corrected chi connectivity index (χ3v) is 10.1. The molecule has 308 valence electrons. The minimum atomic E-state index is -0.667. The summed E-state index contributed by atoms with van der Waals surface area (Å²) in [5.74, 6) is 0.118. The summed E-state index contributed by atoms with van der Waals surface area (Å²) in [4.78, 5) is 51.0. The van der Waals surface area contributed by atoms with E-state index in [0.29, 0.717) is 64.6 Å². The van der Waals surface area contributed by atoms with Crippen molar-refractivity contribution >= 4 is 40.7 Å². The van der Waals surface area contributed by atoms with E-state index in [0.717, 1.165) is 28.7 Å². The highest BCUT2D eigenvalue weighted by molar-refractivity contribution is 7.09. The van der Waals surface area contributed by atoms with E-state index in [1.807, 2.05) is 55.6 Å². The standard InChI is InChI=1S/C26H41N7O5S2.2C7H8.C2H6/c1-19(2)24-30-20(17-39-24)15-32(3)25(35)31-22(6-9-33-10-12-37-13-11-33)23(34)28-7-4-5-8-29-26(36)38-16-21-14-27-18-40-21;2*1-7-5-3-2-4-6-7;1-2/h14,17-19,22H,4-13,15-16H2,1-3H3,(H,28,34)(H,29,36)(H,31,35);2*2-6H,1H3;1-2H3. The van der Waals surface area contributed by atoms with Crippen molar-refractivity contribution in [2.75, 3.05) is 53.0 Å². The maximum Gasteiger partial charge on any atom is 0.407 e. The maximum atomic E-state index is 13.1. The zero-order valence-electron chi connectivity index (χ0n) is 34.3. The first-order valence-electron chi connectivity index (χ1n) is 19.5. The van der Waals surface area contributed by atoms with Gasteiger partial charge in [0.1, 0.15) is 12.6 Å². The third-order valence-electron chi connectivity index (χ3n) is 8.14. The van der Waals surface area contributed by atoms with Crippen LogP contribution in [-0.2, 0) is 27.4 Å². The van der Waals surface area contributed by atoms with Gasteiger partial charge in [-0.1, -0.05) is 99.5 Å². The SMILES string of the molecule is CC.CC(C)c1nc(CN(C)C(=O)NC(CCN2CCOCC2)C(=O)NCCCCNC(=O)OCc2cncs2)cs1.Cc1ccccc1.Cc1ccccc1. The van der Waals surface area contributed by atoms with Crippen LogP contribution in [0.25, 0.3) is 0 Å². The van der Waals surface area contributed by atoms with Crippen molar-refractivity contribution in [1.82, 2.24) is 35.7 Å². The van der Waals surface area contributed by atoms with Crippen LogP contribution in [0, 0.1) is 13.8 Å². The number of carbonyl (C=O) groups excluding carboxylic acids is 3. The number of hydrogen-bond acceptors (Lipinski definition) is 10. The number of nitrogens with one attached hydrogen (secondary N) is 3. The summed E-state index contributed by atoms with van der Waals surface area (Å²) in [5, 5.41) is 11.6. The molecule has 0 saturated carbocycles. The zero-order chi connectivity index (χ0) is 41.0. The molecule has 0 spiro atoms. The number of rotatable bonds is 15. The number of hydrogen-bond donors (Lipinski definition) is 3. The molecular weight excluding hydrogens is 747 g/mol. The summed E-state index contributed by atoms with van der Waals surface area (Å²) in [6, 6.07) is 19.5. The monoisotopic (exact) mass is 809 g/mol. The molecule has 0 radical (unpaired) electrons. The minimum absolute atomic E-state index is 0.196. The van der Waals surface area contributed by atoms with E-state index < -0.39 is 12.1 Å². The molecule has 4 aromatic rings. The first-order valence-corrected chi connectivity index (χ1v) is 21.2. The van der Waals surface area contributed by atoms with E-state index in [-0.39, 0.29) is 18.5 Å². The average Bonchev–Trinajstić information content (AvgIpc) is 3.92. The quantitative estimate of drug-likeness (QED) is 0.104. The number of morpholine rings is 1. The van der Waals surface area contributed by atoms with Crippen molar-refractivity contribution in [3.8, 4) is 0 Å². The molecule has 1 fully saturated rings. The first-order chi connectivity index (χ1) is 27.1. The molecule has 2 aromatic heterocycles. The van der Waals surface area contributed by atoms with Gasteiger partial charge in [-0.25, -0.2) is 14.6 Å². The molecule has 5 rings (SSSR count). The van der Waals surface area contributed by atoms with E-state index in [2.05, 4.69) is 82.8 Å². The van der Waals surface area contributed by atoms with Gasteiger partial charge in [-0.05, 0) is 33.1 Å². The summed E-state index contributed by atoms with van der Waals surface area (Å²) in [6.07, 6.45) is 3.03. The topological polar surface area (TPSA) is 138 Å². The van der Waals surface area contributed by atoms with E-state index >= 15 is 0 Å². The Labute approximate surface area is 342 Å². The number of aryl methyl sites for hydroxylation is 2. The van der Waals surface area contributed by atoms with Gasteiger partial charge in [-0.15, -0.1) is 22.7 Å². The van der Waals surface area contributed by atoms with Crippen LogP contribution < -0.4 is 16.0 Å². The van der Waals surface area contributed by atoms with Crippen LogP contribution in [0.3, 0.4) is 0 Å². The summed E-state index contributed by atoms with van der Waals surface area (Å²) in [6.45, 7) is 17.4. The predicted octanol–water partition coefficient (Wildman–Crippen LogP) is 7.79. The lowest BCUT2D eigenvalue weighted by molar-refractivity contribution is -0.123. The number of amides is 4. The molecule has 2 aromatic carbocycles. The zero-order valence-corrected chi connectivity index (χ0v) is 35.9. The highest BCUT2D eigenvalue weighted by atomic mass is 32.1. The molecule has 3 N–H and O–H groups in total. The Morgan fingerprint density at radius 3 is 2.04 bits per heavy atom. The van der Waals surface area contributed by atoms with E-state index in [4.69, 9.17) is 9.47 Å². The second-order valence-corrected chi connectivity index (χ2v) is 15.1. The molecule has 3 heterocycles. The molecule has 1 unspecified atom stereocenters. The van der Waals surface area contributed by atoms with Crippen molar-refractivity contribution in [1.29, 1.82) is 0 Å². The number of urea groups is 1. The molecule has 0 bridgehead atoms. The van der Waals surface area contributed by atoms with Gasteiger partial charge in [0.05, 0.1) is 40.8 Å². The van der Waals surface area contributed by atoms with E-state index in [1.165, 1.54) is 22.5 Å². The fraction of sp³-hybridized carbons (Fsp3) is 0.500. The number of ether oxygens (including phenoxy) is 2. The third kappa shape index (κ3) is 21.1. The lowest BCUT2D eigenvalue weighted by Gasteiger charge is -2.29. The number of carbonyl (C=O) groups is 3. The van der Waals surface area contributed by atoms with E-state index in [1.54, 1.807) is 35.0 Å². The Morgan fingerprint density at radius 1 is 0.911 bits per heavy atom. The highest BCUT2D eigenvalue weighted by Crippen LogP contribution is 2.20. The largest absolute Gasteiger partial charge is 0.444 e. The second kappa shape index (κ2) is 29.0. The Bertz CT molecular complexity index is 1560. The van der Waals surface area contributed by atoms with Crippen molar-refractivity contribution in [3.05, 3.63) is 104 Å².